The van der Waals surface area contributed by atoms with Gasteiger partial charge in [0.15, 0.2) is 0 Å². The van der Waals surface area contributed by atoms with Gasteiger partial charge in [0.05, 0.1) is 0 Å². The van der Waals surface area contributed by atoms with Crippen LogP contribution in [0.2, 0.25) is 0 Å². The van der Waals surface area contributed by atoms with E-state index in [0.29, 0.717) is 37.9 Å². The number of nitrogens with zero attached hydrogens (tertiary/aromatic N) is 2. The first kappa shape index (κ1) is 19.2. The van der Waals surface area contributed by atoms with Gasteiger partial charge < -0.3 is 19.9 Å². The Kier molecular flexibility index (Phi) is 5.80. The standard InChI is InChI=1S/C21H28FN3O3/c22-16-2-1-3-17(14-16)23-21(27)24-10-6-18(7-11-24)25(20(26)15-4-5-15)19-8-12-28-13-9-19/h1-3,14-15,18-19H,4-13H2,(H,23,27). The highest BCUT2D eigenvalue weighted by Gasteiger charge is 2.41. The lowest BCUT2D eigenvalue weighted by Crippen LogP contribution is -2.54. The van der Waals surface area contributed by atoms with Crippen molar-refractivity contribution in [2.45, 2.75) is 50.6 Å². The van der Waals surface area contributed by atoms with Crippen LogP contribution in [0.15, 0.2) is 24.3 Å². The van der Waals surface area contributed by atoms with E-state index >= 15 is 0 Å². The molecule has 3 amide bonds. The van der Waals surface area contributed by atoms with Gasteiger partial charge in [0.25, 0.3) is 0 Å². The van der Waals surface area contributed by atoms with E-state index in [-0.39, 0.29) is 29.8 Å². The molecule has 7 heteroatoms. The van der Waals surface area contributed by atoms with Gasteiger partial charge in [-0.25, -0.2) is 9.18 Å². The molecule has 1 saturated carbocycles. The van der Waals surface area contributed by atoms with Crippen molar-refractivity contribution in [2.24, 2.45) is 5.92 Å². The van der Waals surface area contributed by atoms with Crippen LogP contribution in [0, 0.1) is 11.7 Å². The van der Waals surface area contributed by atoms with Crippen molar-refractivity contribution in [3.63, 3.8) is 0 Å². The van der Waals surface area contributed by atoms with Gasteiger partial charge in [-0.2, -0.15) is 0 Å². The van der Waals surface area contributed by atoms with E-state index in [1.54, 1.807) is 17.0 Å². The van der Waals surface area contributed by atoms with E-state index in [2.05, 4.69) is 10.2 Å². The zero-order valence-corrected chi connectivity index (χ0v) is 16.1. The molecule has 0 spiro atoms. The van der Waals surface area contributed by atoms with Crippen molar-refractivity contribution in [2.75, 3.05) is 31.6 Å². The maximum absolute atomic E-state index is 13.3. The minimum Gasteiger partial charge on any atom is -0.381 e. The van der Waals surface area contributed by atoms with Crippen LogP contribution < -0.4 is 5.32 Å². The third kappa shape index (κ3) is 4.46. The maximum Gasteiger partial charge on any atom is 0.321 e. The normalized spacial score (nSPS) is 21.4. The van der Waals surface area contributed by atoms with E-state index < -0.39 is 0 Å². The lowest BCUT2D eigenvalue weighted by molar-refractivity contribution is -0.141. The van der Waals surface area contributed by atoms with Crippen LogP contribution in [-0.4, -0.2) is 60.1 Å². The third-order valence-corrected chi connectivity index (χ3v) is 5.99. The topological polar surface area (TPSA) is 61.9 Å². The number of urea groups is 1. The summed E-state index contributed by atoms with van der Waals surface area (Å²) in [6, 6.07) is 6.15. The Bertz CT molecular complexity index is 711. The van der Waals surface area contributed by atoms with Crippen molar-refractivity contribution in [1.29, 1.82) is 0 Å². The molecule has 0 radical (unpaired) electrons. The molecule has 0 atom stereocenters. The molecule has 0 unspecified atom stereocenters. The first-order chi connectivity index (χ1) is 13.6. The lowest BCUT2D eigenvalue weighted by atomic mass is 9.97. The average Bonchev–Trinajstić information content (AvgIpc) is 3.55. The maximum atomic E-state index is 13.3. The quantitative estimate of drug-likeness (QED) is 0.860. The number of carbonyl (C=O) groups is 2. The minimum atomic E-state index is -0.373. The summed E-state index contributed by atoms with van der Waals surface area (Å²) in [6.07, 6.45) is 5.39. The number of amides is 3. The fraction of sp³-hybridized carbons (Fsp3) is 0.619. The van der Waals surface area contributed by atoms with Gasteiger partial charge in [-0.1, -0.05) is 6.07 Å². The third-order valence-electron chi connectivity index (χ3n) is 5.99. The molecule has 1 aliphatic carbocycles. The molecular weight excluding hydrogens is 361 g/mol. The Morgan fingerprint density at radius 2 is 1.71 bits per heavy atom. The molecule has 2 saturated heterocycles. The van der Waals surface area contributed by atoms with Crippen molar-refractivity contribution >= 4 is 17.6 Å². The van der Waals surface area contributed by atoms with Crippen molar-refractivity contribution in [3.05, 3.63) is 30.1 Å². The second kappa shape index (κ2) is 8.47. The highest BCUT2D eigenvalue weighted by molar-refractivity contribution is 5.89. The minimum absolute atomic E-state index is 0.189. The Morgan fingerprint density at radius 1 is 1.04 bits per heavy atom. The number of benzene rings is 1. The fourth-order valence-electron chi connectivity index (χ4n) is 4.28. The largest absolute Gasteiger partial charge is 0.381 e. The zero-order valence-electron chi connectivity index (χ0n) is 16.1. The number of carbonyl (C=O) groups excluding carboxylic acids is 2. The van der Waals surface area contributed by atoms with Gasteiger partial charge in [-0.3, -0.25) is 4.79 Å². The molecule has 3 fully saturated rings. The Labute approximate surface area is 165 Å². The molecule has 1 N–H and O–H groups in total. The van der Waals surface area contributed by atoms with Crippen molar-refractivity contribution < 1.29 is 18.7 Å². The number of hydrogen-bond donors (Lipinski definition) is 1. The number of hydrogen-bond acceptors (Lipinski definition) is 3. The number of likely N-dealkylation sites (tertiary alicyclic amines) is 1. The highest BCUT2D eigenvalue weighted by Crippen LogP contribution is 2.35. The molecule has 152 valence electrons. The molecule has 1 aromatic carbocycles. The fourth-order valence-corrected chi connectivity index (χ4v) is 4.28. The molecule has 2 aliphatic heterocycles. The van der Waals surface area contributed by atoms with Crippen LogP contribution in [0.5, 0.6) is 0 Å². The Morgan fingerprint density at radius 3 is 2.36 bits per heavy atom. The smallest absolute Gasteiger partial charge is 0.321 e. The van der Waals surface area contributed by atoms with Crippen LogP contribution in [0.3, 0.4) is 0 Å². The van der Waals surface area contributed by atoms with E-state index in [9.17, 15) is 14.0 Å². The summed E-state index contributed by atoms with van der Waals surface area (Å²) in [5.41, 5.74) is 0.458. The first-order valence-electron chi connectivity index (χ1n) is 10.3. The summed E-state index contributed by atoms with van der Waals surface area (Å²) in [4.78, 5) is 29.3. The van der Waals surface area contributed by atoms with E-state index in [4.69, 9.17) is 4.74 Å². The summed E-state index contributed by atoms with van der Waals surface area (Å²) in [5.74, 6) is 0.133. The first-order valence-corrected chi connectivity index (χ1v) is 10.3. The number of piperidine rings is 1. The summed E-state index contributed by atoms with van der Waals surface area (Å²) in [7, 11) is 0. The second-order valence-corrected chi connectivity index (χ2v) is 8.02. The lowest BCUT2D eigenvalue weighted by Gasteiger charge is -2.43. The molecule has 28 heavy (non-hydrogen) atoms. The predicted octanol–water partition coefficient (Wildman–Crippen LogP) is 3.24. The van der Waals surface area contributed by atoms with E-state index in [1.165, 1.54) is 12.1 Å². The Balaban J connectivity index is 1.35. The van der Waals surface area contributed by atoms with Gasteiger partial charge in [0.2, 0.25) is 5.91 Å². The molecular formula is C21H28FN3O3. The number of ether oxygens (including phenoxy) is 1. The number of halogens is 1. The number of rotatable bonds is 4. The van der Waals surface area contributed by atoms with Crippen LogP contribution >= 0.6 is 0 Å². The summed E-state index contributed by atoms with van der Waals surface area (Å²) < 4.78 is 18.8. The molecule has 6 nitrogen and oxygen atoms in total. The highest BCUT2D eigenvalue weighted by atomic mass is 19.1. The van der Waals surface area contributed by atoms with Gasteiger partial charge in [0, 0.05) is 50.0 Å². The van der Waals surface area contributed by atoms with Crippen molar-refractivity contribution in [3.8, 4) is 0 Å². The predicted molar refractivity (Wildman–Crippen MR) is 103 cm³/mol. The van der Waals surface area contributed by atoms with Crippen LogP contribution in [0.4, 0.5) is 14.9 Å². The summed E-state index contributed by atoms with van der Waals surface area (Å²) in [6.45, 7) is 2.63. The number of anilines is 1. The second-order valence-electron chi connectivity index (χ2n) is 8.02. The van der Waals surface area contributed by atoms with E-state index in [1.807, 2.05) is 0 Å². The summed E-state index contributed by atoms with van der Waals surface area (Å²) in [5, 5.41) is 2.76. The van der Waals surface area contributed by atoms with Crippen LogP contribution in [0.25, 0.3) is 0 Å². The molecule has 0 bridgehead atoms. The zero-order chi connectivity index (χ0) is 19.5. The molecule has 3 aliphatic rings. The molecule has 1 aromatic rings. The summed E-state index contributed by atoms with van der Waals surface area (Å²) >= 11 is 0. The molecule has 4 rings (SSSR count). The monoisotopic (exact) mass is 389 g/mol. The Hall–Kier alpha value is -2.15. The molecule has 0 aromatic heterocycles. The number of nitrogens with one attached hydrogen (secondary N) is 1. The van der Waals surface area contributed by atoms with E-state index in [0.717, 1.165) is 38.5 Å². The van der Waals surface area contributed by atoms with Crippen LogP contribution in [0.1, 0.15) is 38.5 Å². The molecule has 2 heterocycles. The van der Waals surface area contributed by atoms with Gasteiger partial charge in [-0.15, -0.1) is 0 Å². The average molecular weight is 389 g/mol. The van der Waals surface area contributed by atoms with Gasteiger partial charge >= 0.3 is 6.03 Å². The van der Waals surface area contributed by atoms with Gasteiger partial charge in [-0.05, 0) is 56.7 Å². The van der Waals surface area contributed by atoms with Gasteiger partial charge in [0.1, 0.15) is 5.82 Å². The SMILES string of the molecule is O=C(Nc1cccc(F)c1)N1CCC(N(C(=O)C2CC2)C2CCOCC2)CC1. The van der Waals surface area contributed by atoms with Crippen molar-refractivity contribution in [1.82, 2.24) is 9.80 Å². The van der Waals surface area contributed by atoms with Crippen LogP contribution in [-0.2, 0) is 9.53 Å².